The summed E-state index contributed by atoms with van der Waals surface area (Å²) in [6, 6.07) is 9.21. The summed E-state index contributed by atoms with van der Waals surface area (Å²) < 4.78 is 5.63. The van der Waals surface area contributed by atoms with Gasteiger partial charge in [-0.2, -0.15) is 20.0 Å². The molecular weight excluding hydrogens is 406 g/mol. The summed E-state index contributed by atoms with van der Waals surface area (Å²) in [6.45, 7) is 4.62. The van der Waals surface area contributed by atoms with Gasteiger partial charge in [-0.1, -0.05) is 23.7 Å². The van der Waals surface area contributed by atoms with E-state index in [-0.39, 0.29) is 11.9 Å². The van der Waals surface area contributed by atoms with E-state index < -0.39 is 0 Å². The van der Waals surface area contributed by atoms with Gasteiger partial charge >= 0.3 is 0 Å². The maximum Gasteiger partial charge on any atom is 0.256 e. The average Bonchev–Trinajstić information content (AvgIpc) is 3.59. The van der Waals surface area contributed by atoms with Crippen LogP contribution in [0, 0.1) is 6.92 Å². The summed E-state index contributed by atoms with van der Waals surface area (Å²) in [5.41, 5.74) is 3.95. The van der Waals surface area contributed by atoms with Gasteiger partial charge in [0.1, 0.15) is 6.04 Å². The lowest BCUT2D eigenvalue weighted by atomic mass is 10.1. The lowest BCUT2D eigenvalue weighted by molar-refractivity contribution is 0.0709. The number of hydrogen-bond acceptors (Lipinski definition) is 7. The van der Waals surface area contributed by atoms with E-state index in [1.54, 1.807) is 18.6 Å². The Morgan fingerprint density at radius 1 is 1.19 bits per heavy atom. The first-order valence-corrected chi connectivity index (χ1v) is 10.7. The van der Waals surface area contributed by atoms with Gasteiger partial charge in [0, 0.05) is 18.3 Å². The van der Waals surface area contributed by atoms with Crippen molar-refractivity contribution in [3.05, 3.63) is 71.6 Å². The van der Waals surface area contributed by atoms with Gasteiger partial charge in [0.15, 0.2) is 0 Å². The molecule has 9 nitrogen and oxygen atoms in total. The summed E-state index contributed by atoms with van der Waals surface area (Å²) in [7, 11) is 0. The highest BCUT2D eigenvalue weighted by molar-refractivity contribution is 5.98. The Morgan fingerprint density at radius 3 is 2.84 bits per heavy atom. The predicted molar refractivity (Wildman–Crippen MR) is 116 cm³/mol. The Kier molecular flexibility index (Phi) is 5.22. The molecule has 32 heavy (non-hydrogen) atoms. The number of amides is 1. The molecule has 0 spiro atoms. The van der Waals surface area contributed by atoms with Crippen LogP contribution in [0.25, 0.3) is 17.1 Å². The van der Waals surface area contributed by atoms with Crippen LogP contribution in [-0.4, -0.2) is 47.5 Å². The summed E-state index contributed by atoms with van der Waals surface area (Å²) >= 11 is 0. The third kappa shape index (κ3) is 3.55. The molecule has 1 aliphatic rings. The molecule has 1 amide bonds. The highest BCUT2D eigenvalue weighted by Crippen LogP contribution is 2.34. The largest absolute Gasteiger partial charge is 0.337 e. The topological polar surface area (TPSA) is 103 Å². The maximum absolute atomic E-state index is 13.6. The lowest BCUT2D eigenvalue weighted by Gasteiger charge is -2.23. The molecule has 9 heteroatoms. The molecule has 1 aliphatic heterocycles. The highest BCUT2D eigenvalue weighted by Gasteiger charge is 2.36. The fourth-order valence-corrected chi connectivity index (χ4v) is 4.16. The van der Waals surface area contributed by atoms with Crippen molar-refractivity contribution in [2.45, 2.75) is 39.2 Å². The molecule has 3 aromatic heterocycles. The number of hydrogen-bond donors (Lipinski definition) is 0. The highest BCUT2D eigenvalue weighted by atomic mass is 16.5. The fourth-order valence-electron chi connectivity index (χ4n) is 4.16. The standard InChI is InChI=1S/C23H23N7O2/c1-3-18-16(6-4-10-24-18)21-27-22(32-28-21)20-7-5-13-29(20)23(31)17-14-15(2)8-9-19(17)30-25-11-12-26-30/h4,6,8-12,14,20H,3,5,7,13H2,1-2H3. The Bertz CT molecular complexity index is 1250. The van der Waals surface area contributed by atoms with Crippen LogP contribution in [0.5, 0.6) is 0 Å². The SMILES string of the molecule is CCc1ncccc1-c1noc(C2CCCN2C(=O)c2cc(C)ccc2-n2nccn2)n1. The number of aryl methyl sites for hydroxylation is 2. The third-order valence-corrected chi connectivity index (χ3v) is 5.72. The minimum Gasteiger partial charge on any atom is -0.337 e. The predicted octanol–water partition coefficient (Wildman–Crippen LogP) is 3.56. The first kappa shape index (κ1) is 20.0. The molecule has 1 saturated heterocycles. The summed E-state index contributed by atoms with van der Waals surface area (Å²) in [5, 5.41) is 12.6. The Hall–Kier alpha value is -3.88. The Morgan fingerprint density at radius 2 is 2.03 bits per heavy atom. The van der Waals surface area contributed by atoms with Crippen molar-refractivity contribution in [2.75, 3.05) is 6.54 Å². The molecule has 0 bridgehead atoms. The lowest BCUT2D eigenvalue weighted by Crippen LogP contribution is -2.31. The summed E-state index contributed by atoms with van der Waals surface area (Å²) in [4.78, 5) is 26.0. The van der Waals surface area contributed by atoms with Crippen LogP contribution in [0.2, 0.25) is 0 Å². The zero-order valence-corrected chi connectivity index (χ0v) is 18.0. The van der Waals surface area contributed by atoms with E-state index >= 15 is 0 Å². The van der Waals surface area contributed by atoms with Gasteiger partial charge in [-0.05, 0) is 50.5 Å². The molecule has 4 heterocycles. The minimum absolute atomic E-state index is 0.0983. The Balaban J connectivity index is 1.47. The van der Waals surface area contributed by atoms with E-state index in [0.717, 1.165) is 36.1 Å². The van der Waals surface area contributed by atoms with Gasteiger partial charge in [0.25, 0.3) is 5.91 Å². The fraction of sp³-hybridized carbons (Fsp3) is 0.304. The normalized spacial score (nSPS) is 15.9. The molecule has 0 N–H and O–H groups in total. The molecule has 5 rings (SSSR count). The van der Waals surface area contributed by atoms with Crippen LogP contribution in [0.1, 0.15) is 53.3 Å². The van der Waals surface area contributed by atoms with Crippen LogP contribution in [0.4, 0.5) is 0 Å². The number of aromatic nitrogens is 6. The zero-order valence-electron chi connectivity index (χ0n) is 18.0. The molecule has 162 valence electrons. The number of rotatable bonds is 5. The number of pyridine rings is 1. The molecule has 1 unspecified atom stereocenters. The number of carbonyl (C=O) groups is 1. The van der Waals surface area contributed by atoms with Gasteiger partial charge < -0.3 is 9.42 Å². The van der Waals surface area contributed by atoms with Crippen molar-refractivity contribution >= 4 is 5.91 Å². The minimum atomic E-state index is -0.274. The van der Waals surface area contributed by atoms with Crippen molar-refractivity contribution in [1.29, 1.82) is 0 Å². The van der Waals surface area contributed by atoms with E-state index in [9.17, 15) is 4.79 Å². The molecular formula is C23H23N7O2. The number of benzene rings is 1. The van der Waals surface area contributed by atoms with E-state index in [2.05, 4.69) is 25.3 Å². The Labute approximate surface area is 185 Å². The number of nitrogens with zero attached hydrogens (tertiary/aromatic N) is 7. The first-order chi connectivity index (χ1) is 15.7. The monoisotopic (exact) mass is 429 g/mol. The van der Waals surface area contributed by atoms with Crippen molar-refractivity contribution < 1.29 is 9.32 Å². The smallest absolute Gasteiger partial charge is 0.256 e. The number of likely N-dealkylation sites (tertiary alicyclic amines) is 1. The molecule has 0 saturated carbocycles. The second-order valence-corrected chi connectivity index (χ2v) is 7.80. The molecule has 4 aromatic rings. The second kappa shape index (κ2) is 8.33. The maximum atomic E-state index is 13.6. The zero-order chi connectivity index (χ0) is 22.1. The van der Waals surface area contributed by atoms with E-state index in [1.807, 2.05) is 49.1 Å². The summed E-state index contributed by atoms with van der Waals surface area (Å²) in [6.07, 6.45) is 7.34. The van der Waals surface area contributed by atoms with Crippen LogP contribution in [-0.2, 0) is 6.42 Å². The van der Waals surface area contributed by atoms with Crippen molar-refractivity contribution in [3.63, 3.8) is 0 Å². The van der Waals surface area contributed by atoms with Crippen LogP contribution >= 0.6 is 0 Å². The number of carbonyl (C=O) groups excluding carboxylic acids is 1. The summed E-state index contributed by atoms with van der Waals surface area (Å²) in [5.74, 6) is 0.850. The van der Waals surface area contributed by atoms with E-state index in [4.69, 9.17) is 4.52 Å². The van der Waals surface area contributed by atoms with Crippen molar-refractivity contribution in [2.24, 2.45) is 0 Å². The average molecular weight is 429 g/mol. The van der Waals surface area contributed by atoms with Gasteiger partial charge in [-0.3, -0.25) is 9.78 Å². The van der Waals surface area contributed by atoms with Gasteiger partial charge in [-0.25, -0.2) is 0 Å². The molecule has 1 atom stereocenters. The van der Waals surface area contributed by atoms with Crippen molar-refractivity contribution in [1.82, 2.24) is 35.0 Å². The van der Waals surface area contributed by atoms with Gasteiger partial charge in [0.2, 0.25) is 11.7 Å². The third-order valence-electron chi connectivity index (χ3n) is 5.72. The molecule has 1 aromatic carbocycles. The van der Waals surface area contributed by atoms with Gasteiger partial charge in [0.05, 0.1) is 29.3 Å². The van der Waals surface area contributed by atoms with E-state index in [1.165, 1.54) is 4.80 Å². The van der Waals surface area contributed by atoms with Crippen LogP contribution in [0.3, 0.4) is 0 Å². The molecule has 0 aliphatic carbocycles. The first-order valence-electron chi connectivity index (χ1n) is 10.7. The van der Waals surface area contributed by atoms with Crippen molar-refractivity contribution in [3.8, 4) is 17.1 Å². The van der Waals surface area contributed by atoms with Crippen LogP contribution in [0.15, 0.2) is 53.4 Å². The molecule has 1 fully saturated rings. The quantitative estimate of drug-likeness (QED) is 0.478. The van der Waals surface area contributed by atoms with E-state index in [0.29, 0.717) is 29.5 Å². The second-order valence-electron chi connectivity index (χ2n) is 7.80. The van der Waals surface area contributed by atoms with Crippen LogP contribution < -0.4 is 0 Å². The van der Waals surface area contributed by atoms with Gasteiger partial charge in [-0.15, -0.1) is 0 Å². The molecule has 0 radical (unpaired) electrons.